The van der Waals surface area contributed by atoms with Crippen LogP contribution in [0.5, 0.6) is 0 Å². The lowest BCUT2D eigenvalue weighted by Crippen LogP contribution is -3.62. The first kappa shape index (κ1) is 44.9. The van der Waals surface area contributed by atoms with Gasteiger partial charge in [-0.05, 0) is 102 Å². The number of benzene rings is 6. The van der Waals surface area contributed by atoms with Crippen molar-refractivity contribution in [3.8, 4) is 0 Å². The van der Waals surface area contributed by atoms with Crippen molar-refractivity contribution in [3.05, 3.63) is 168 Å². The first-order valence-corrected chi connectivity index (χ1v) is 21.0. The highest BCUT2D eigenvalue weighted by Crippen LogP contribution is 2.41. The second kappa shape index (κ2) is 22.7. The van der Waals surface area contributed by atoms with Gasteiger partial charge in [0.05, 0.1) is 0 Å². The summed E-state index contributed by atoms with van der Waals surface area (Å²) >= 11 is 1.68. The van der Waals surface area contributed by atoms with E-state index in [-0.39, 0.29) is 62.2 Å². The van der Waals surface area contributed by atoms with Crippen LogP contribution in [-0.4, -0.2) is 0 Å². The molecule has 0 atom stereocenters. The highest BCUT2D eigenvalue weighted by atomic mass is 127. The van der Waals surface area contributed by atoms with Gasteiger partial charge in [-0.1, -0.05) is 123 Å². The fourth-order valence-corrected chi connectivity index (χ4v) is 10.4. The van der Waals surface area contributed by atoms with Crippen molar-refractivity contribution in [3.63, 3.8) is 0 Å². The molecule has 0 bridgehead atoms. The molecule has 0 saturated carbocycles. The third-order valence-electron chi connectivity index (χ3n) is 7.36. The zero-order valence-corrected chi connectivity index (χ0v) is 38.3. The van der Waals surface area contributed by atoms with Crippen LogP contribution in [-0.2, 0) is 0 Å². The van der Waals surface area contributed by atoms with Crippen molar-refractivity contribution in [2.45, 2.75) is 61.1 Å². The van der Waals surface area contributed by atoms with E-state index < -0.39 is 0 Å². The monoisotopic (exact) mass is 1020 g/mol. The Kier molecular flexibility index (Phi) is 20.0. The third-order valence-corrected chi connectivity index (χ3v) is 14.7. The van der Waals surface area contributed by atoms with E-state index in [0.717, 1.165) is 31.7 Å². The molecule has 3 nitrogen and oxygen atoms in total. The van der Waals surface area contributed by atoms with Gasteiger partial charge in [0.15, 0.2) is 7.14 Å². The Labute approximate surface area is 355 Å². The van der Waals surface area contributed by atoms with Crippen LogP contribution in [0.4, 0.5) is 17.1 Å². The fraction of sp³-hybridized carbons (Fsp3) is 0.143. The van der Waals surface area contributed by atoms with Gasteiger partial charge in [-0.2, -0.15) is 0 Å². The topological polar surface area (TPSA) is 78.1 Å². The van der Waals surface area contributed by atoms with Gasteiger partial charge >= 0.3 is 21.2 Å². The first-order chi connectivity index (χ1) is 23.5. The molecule has 0 saturated heterocycles. The predicted octanol–water partition coefficient (Wildman–Crippen LogP) is 6.36. The van der Waals surface area contributed by atoms with E-state index in [2.05, 4.69) is 102 Å². The molecule has 0 spiro atoms. The number of anilines is 3. The maximum absolute atomic E-state index is 5.93. The third kappa shape index (κ3) is 14.6. The Morgan fingerprint density at radius 1 is 0.412 bits per heavy atom. The van der Waals surface area contributed by atoms with Gasteiger partial charge < -0.3 is 34.2 Å². The van der Waals surface area contributed by atoms with E-state index in [9.17, 15) is 0 Å². The molecule has 0 amide bonds. The normalized spacial score (nSPS) is 10.0. The SMILES string of the molecule is Cc1ccc(Sc2ccccc2N)c(C)c1.Cc1ccc([I+]c2ccc(C)cc2C)c(C)c1.I.Nc1ccccc1SSc1ccccc1N.[Br-]. The number of hydrogen-bond donors (Lipinski definition) is 3. The fourth-order valence-electron chi connectivity index (χ4n) is 4.72. The zero-order valence-electron chi connectivity index (χ0n) is 29.7. The standard InChI is InChI=1S/C16H18I.C14H15NS.C12H12N2S2.BrH.HI/c1-11-5-7-15(13(3)9-11)17-16-8-6-12(2)10-14(16)4;1-10-7-8-13(11(2)9-10)16-14-6-4-3-5-12(14)15;13-9-5-1-3-7-11(9)15-16-12-8-4-2-6-10(12)14;;/h5-10H,1-4H3;3-9H,15H2,1-2H3;1-8H,13-14H2;2*1H/q+1;;;;/p-1. The minimum absolute atomic E-state index is 0. The molecule has 0 radical (unpaired) electrons. The Morgan fingerprint density at radius 3 is 1.14 bits per heavy atom. The van der Waals surface area contributed by atoms with Crippen LogP contribution in [0.1, 0.15) is 33.4 Å². The number of rotatable bonds is 7. The molecule has 0 unspecified atom stereocenters. The van der Waals surface area contributed by atoms with Gasteiger partial charge in [0.2, 0.25) is 0 Å². The van der Waals surface area contributed by atoms with Crippen LogP contribution >= 0.6 is 57.3 Å². The summed E-state index contributed by atoms with van der Waals surface area (Å²) in [4.78, 5) is 4.52. The maximum atomic E-state index is 5.93. The smallest absolute Gasteiger partial charge is 0.358 e. The van der Waals surface area contributed by atoms with Gasteiger partial charge in [0.1, 0.15) is 0 Å². The highest BCUT2D eigenvalue weighted by Gasteiger charge is 2.20. The van der Waals surface area contributed by atoms with Crippen LogP contribution < -0.4 is 55.4 Å². The van der Waals surface area contributed by atoms with Gasteiger partial charge in [-0.25, -0.2) is 0 Å². The van der Waals surface area contributed by atoms with E-state index in [1.54, 1.807) is 40.5 Å². The Bertz CT molecular complexity index is 1910. The van der Waals surface area contributed by atoms with Crippen LogP contribution in [0.15, 0.2) is 147 Å². The molecule has 51 heavy (non-hydrogen) atoms. The molecule has 0 aliphatic rings. The summed E-state index contributed by atoms with van der Waals surface area (Å²) in [6, 6.07) is 43.7. The van der Waals surface area contributed by atoms with Crippen molar-refractivity contribution in [1.29, 1.82) is 0 Å². The summed E-state index contributed by atoms with van der Waals surface area (Å²) in [7, 11) is 3.25. The molecule has 0 aromatic heterocycles. The van der Waals surface area contributed by atoms with Gasteiger partial charge in [0, 0.05) is 47.8 Å². The highest BCUT2D eigenvalue weighted by molar-refractivity contribution is 14.0. The number of para-hydroxylation sites is 3. The maximum Gasteiger partial charge on any atom is 0.358 e. The van der Waals surface area contributed by atoms with Crippen molar-refractivity contribution in [2.75, 3.05) is 17.2 Å². The number of nitrogen functional groups attached to an aromatic ring is 3. The van der Waals surface area contributed by atoms with Gasteiger partial charge in [-0.3, -0.25) is 0 Å². The summed E-state index contributed by atoms with van der Waals surface area (Å²) < 4.78 is 3.09. The molecule has 6 aromatic carbocycles. The van der Waals surface area contributed by atoms with Crippen LogP contribution in [0, 0.1) is 48.7 Å². The molecule has 6 rings (SSSR count). The summed E-state index contributed by atoms with van der Waals surface area (Å²) in [5, 5.41) is 0. The number of nitrogens with two attached hydrogens (primary N) is 3. The van der Waals surface area contributed by atoms with E-state index in [1.807, 2.05) is 66.7 Å². The average molecular weight is 1020 g/mol. The van der Waals surface area contributed by atoms with Gasteiger partial charge in [0.25, 0.3) is 0 Å². The van der Waals surface area contributed by atoms with Crippen molar-refractivity contribution in [2.24, 2.45) is 0 Å². The number of halogens is 3. The first-order valence-electron chi connectivity index (χ1n) is 15.9. The molecule has 0 aliphatic heterocycles. The van der Waals surface area contributed by atoms with Crippen LogP contribution in [0.3, 0.4) is 0 Å². The van der Waals surface area contributed by atoms with Crippen LogP contribution in [0.25, 0.3) is 0 Å². The Balaban J connectivity index is 0.000000260. The van der Waals surface area contributed by atoms with Crippen molar-refractivity contribution < 1.29 is 38.2 Å². The summed E-state index contributed by atoms with van der Waals surface area (Å²) in [6.45, 7) is 13.0. The summed E-state index contributed by atoms with van der Waals surface area (Å²) in [5.74, 6) is 0. The minimum atomic E-state index is -0.0403. The van der Waals surface area contributed by atoms with Crippen molar-refractivity contribution in [1.82, 2.24) is 0 Å². The molecule has 0 aliphatic carbocycles. The van der Waals surface area contributed by atoms with E-state index in [0.29, 0.717) is 0 Å². The second-order valence-electron chi connectivity index (χ2n) is 11.8. The minimum Gasteiger partial charge on any atom is -1.00 e. The molecular formula is C42H46BrI2N3S3. The second-order valence-corrected chi connectivity index (χ2v) is 17.9. The van der Waals surface area contributed by atoms with Crippen LogP contribution in [0.2, 0.25) is 0 Å². The predicted molar refractivity (Wildman–Crippen MR) is 229 cm³/mol. The summed E-state index contributed by atoms with van der Waals surface area (Å²) in [6.07, 6.45) is 0. The largest absolute Gasteiger partial charge is 1.00 e. The Morgan fingerprint density at radius 2 is 0.765 bits per heavy atom. The molecule has 6 aromatic rings. The Hall–Kier alpha value is -2.29. The molecular weight excluding hydrogens is 976 g/mol. The molecule has 0 fully saturated rings. The van der Waals surface area contributed by atoms with Gasteiger partial charge in [-0.15, -0.1) is 24.0 Å². The lowest BCUT2D eigenvalue weighted by Gasteiger charge is -2.08. The van der Waals surface area contributed by atoms with E-state index >= 15 is 0 Å². The molecule has 6 N–H and O–H groups in total. The quantitative estimate of drug-likeness (QED) is 0.0984. The lowest BCUT2D eigenvalue weighted by molar-refractivity contribution is -0.598. The van der Waals surface area contributed by atoms with E-state index in [1.165, 1.54) is 38.3 Å². The van der Waals surface area contributed by atoms with E-state index in [4.69, 9.17) is 17.2 Å². The zero-order chi connectivity index (χ0) is 35.3. The molecule has 268 valence electrons. The lowest BCUT2D eigenvalue weighted by atomic mass is 10.2. The molecule has 0 heterocycles. The van der Waals surface area contributed by atoms with Crippen molar-refractivity contribution >= 4 is 74.4 Å². The summed E-state index contributed by atoms with van der Waals surface area (Å²) in [5.41, 5.74) is 28.3. The number of aryl methyl sites for hydroxylation is 6. The molecule has 9 heteroatoms. The number of hydrogen-bond acceptors (Lipinski definition) is 6. The average Bonchev–Trinajstić information content (AvgIpc) is 3.07.